The van der Waals surface area contributed by atoms with Crippen LogP contribution in [0.3, 0.4) is 0 Å². The molecule has 4 atom stereocenters. The first kappa shape index (κ1) is 23.7. The van der Waals surface area contributed by atoms with Crippen molar-refractivity contribution in [3.63, 3.8) is 0 Å². The Morgan fingerprint density at radius 1 is 1.04 bits per heavy atom. The van der Waals surface area contributed by atoms with Gasteiger partial charge in [0.25, 0.3) is 0 Å². The molecule has 0 aromatic rings. The molecule has 2 unspecified atom stereocenters. The summed E-state index contributed by atoms with van der Waals surface area (Å²) in [5, 5.41) is 11.1. The quantitative estimate of drug-likeness (QED) is 0.554. The molecule has 5 nitrogen and oxygen atoms in total. The van der Waals surface area contributed by atoms with E-state index in [0.717, 1.165) is 6.42 Å². The lowest BCUT2D eigenvalue weighted by Crippen LogP contribution is -2.50. The predicted octanol–water partition coefficient (Wildman–Crippen LogP) is 3.55. The lowest BCUT2D eigenvalue weighted by Gasteiger charge is -2.27. The number of ketones is 4. The summed E-state index contributed by atoms with van der Waals surface area (Å²) < 4.78 is 0. The van der Waals surface area contributed by atoms with Gasteiger partial charge in [-0.25, -0.2) is 0 Å². The molecule has 1 N–H and O–H groups in total. The molecule has 154 valence electrons. The summed E-state index contributed by atoms with van der Waals surface area (Å²) in [7, 11) is 0. The number of carbonyl (C=O) groups is 4. The van der Waals surface area contributed by atoms with Gasteiger partial charge in [0.1, 0.15) is 5.92 Å². The summed E-state index contributed by atoms with van der Waals surface area (Å²) in [5.41, 5.74) is -2.34. The molecule has 0 aromatic heterocycles. The lowest BCUT2D eigenvalue weighted by atomic mass is 9.79. The Bertz CT molecular complexity index is 577. The summed E-state index contributed by atoms with van der Waals surface area (Å²) >= 11 is 0. The van der Waals surface area contributed by atoms with Crippen LogP contribution in [0.5, 0.6) is 0 Å². The summed E-state index contributed by atoms with van der Waals surface area (Å²) in [5.74, 6) is -4.56. The molecular formula is C22H36O5. The van der Waals surface area contributed by atoms with Crippen LogP contribution in [0, 0.1) is 29.6 Å². The average molecular weight is 381 g/mol. The Hall–Kier alpha value is -1.36. The molecule has 0 radical (unpaired) electrons. The van der Waals surface area contributed by atoms with Crippen molar-refractivity contribution in [3.05, 3.63) is 0 Å². The first-order valence-electron chi connectivity index (χ1n) is 10.3. The van der Waals surface area contributed by atoms with E-state index in [-0.39, 0.29) is 37.0 Å². The molecule has 0 aliphatic heterocycles. The number of carbonyl (C=O) groups excluding carboxylic acids is 4. The zero-order valence-corrected chi connectivity index (χ0v) is 17.7. The molecule has 5 heteroatoms. The van der Waals surface area contributed by atoms with E-state index in [4.69, 9.17) is 0 Å². The maximum absolute atomic E-state index is 13.0. The van der Waals surface area contributed by atoms with Crippen LogP contribution in [0.1, 0.15) is 80.1 Å². The third kappa shape index (κ3) is 5.34. The zero-order valence-electron chi connectivity index (χ0n) is 17.7. The fourth-order valence-corrected chi connectivity index (χ4v) is 3.71. The van der Waals surface area contributed by atoms with E-state index in [1.807, 2.05) is 41.5 Å². The topological polar surface area (TPSA) is 88.5 Å². The largest absolute Gasteiger partial charge is 0.374 e. The molecule has 0 amide bonds. The van der Waals surface area contributed by atoms with Gasteiger partial charge in [-0.1, -0.05) is 54.4 Å². The molecule has 1 saturated carbocycles. The number of hydrogen-bond acceptors (Lipinski definition) is 5. The van der Waals surface area contributed by atoms with Crippen LogP contribution in [-0.2, 0) is 19.2 Å². The van der Waals surface area contributed by atoms with Crippen molar-refractivity contribution in [2.75, 3.05) is 0 Å². The SMILES string of the molecule is CCC(C)CCC(=O)[C@]1(O)C(=O)C(C(=O)CC(C)C)C(=O)[C@H]1CCC(C)C. The standard InChI is InChI=1S/C22H36O5/c1-7-15(6)9-11-18(24)22(27)16(10-8-13(2)3)20(25)19(21(22)26)17(23)12-14(4)5/h13-16,19,27H,7-12H2,1-6H3/t15?,16-,19?,22+/m1/s1. The second-order valence-electron chi connectivity index (χ2n) is 9.03. The van der Waals surface area contributed by atoms with Crippen molar-refractivity contribution in [1.82, 2.24) is 0 Å². The minimum Gasteiger partial charge on any atom is -0.374 e. The highest BCUT2D eigenvalue weighted by Crippen LogP contribution is 2.40. The van der Waals surface area contributed by atoms with Crippen LogP contribution in [0.25, 0.3) is 0 Å². The van der Waals surface area contributed by atoms with Gasteiger partial charge in [0, 0.05) is 12.8 Å². The molecule has 0 aromatic carbocycles. The molecule has 0 bridgehead atoms. The fourth-order valence-electron chi connectivity index (χ4n) is 3.71. The highest BCUT2D eigenvalue weighted by molar-refractivity contribution is 6.33. The molecule has 1 rings (SSSR count). The third-order valence-electron chi connectivity index (χ3n) is 5.72. The van der Waals surface area contributed by atoms with E-state index >= 15 is 0 Å². The number of hydrogen-bond donors (Lipinski definition) is 1. The minimum atomic E-state index is -2.34. The number of aliphatic hydroxyl groups is 1. The fraction of sp³-hybridized carbons (Fsp3) is 0.818. The van der Waals surface area contributed by atoms with Crippen molar-refractivity contribution in [2.24, 2.45) is 29.6 Å². The molecule has 1 fully saturated rings. The van der Waals surface area contributed by atoms with Gasteiger partial charge in [-0.3, -0.25) is 19.2 Å². The summed E-state index contributed by atoms with van der Waals surface area (Å²) in [4.78, 5) is 51.2. The number of Topliss-reactive ketones (excluding diaryl/α,β-unsaturated/α-hetero) is 4. The molecule has 0 saturated heterocycles. The maximum Gasteiger partial charge on any atom is 0.192 e. The Morgan fingerprint density at radius 2 is 1.63 bits per heavy atom. The lowest BCUT2D eigenvalue weighted by molar-refractivity contribution is -0.154. The molecule has 1 aliphatic rings. The van der Waals surface area contributed by atoms with Crippen LogP contribution >= 0.6 is 0 Å². The van der Waals surface area contributed by atoms with Gasteiger partial charge in [-0.15, -0.1) is 0 Å². The van der Waals surface area contributed by atoms with E-state index in [0.29, 0.717) is 12.8 Å². The van der Waals surface area contributed by atoms with Crippen molar-refractivity contribution in [1.29, 1.82) is 0 Å². The van der Waals surface area contributed by atoms with Gasteiger partial charge in [0.15, 0.2) is 28.7 Å². The average Bonchev–Trinajstić information content (AvgIpc) is 2.76. The Kier molecular flexibility index (Phi) is 8.52. The van der Waals surface area contributed by atoms with E-state index in [9.17, 15) is 24.3 Å². The van der Waals surface area contributed by atoms with Crippen LogP contribution < -0.4 is 0 Å². The highest BCUT2D eigenvalue weighted by Gasteiger charge is 2.64. The number of rotatable bonds is 11. The van der Waals surface area contributed by atoms with Crippen molar-refractivity contribution in [2.45, 2.75) is 85.7 Å². The second-order valence-corrected chi connectivity index (χ2v) is 9.03. The zero-order chi connectivity index (χ0) is 20.9. The maximum atomic E-state index is 13.0. The molecule has 0 heterocycles. The molecule has 27 heavy (non-hydrogen) atoms. The van der Waals surface area contributed by atoms with E-state index in [1.54, 1.807) is 0 Å². The molecule has 1 aliphatic carbocycles. The van der Waals surface area contributed by atoms with Gasteiger partial charge in [0.05, 0.1) is 5.92 Å². The third-order valence-corrected chi connectivity index (χ3v) is 5.72. The first-order valence-corrected chi connectivity index (χ1v) is 10.3. The Balaban J connectivity index is 3.17. The first-order chi connectivity index (χ1) is 12.5. The van der Waals surface area contributed by atoms with Crippen molar-refractivity contribution < 1.29 is 24.3 Å². The van der Waals surface area contributed by atoms with Crippen molar-refractivity contribution in [3.8, 4) is 0 Å². The molecule has 0 spiro atoms. The van der Waals surface area contributed by atoms with Crippen LogP contribution in [-0.4, -0.2) is 33.8 Å². The van der Waals surface area contributed by atoms with E-state index < -0.39 is 40.6 Å². The molecular weight excluding hydrogens is 344 g/mol. The summed E-state index contributed by atoms with van der Waals surface area (Å²) in [6, 6.07) is 0. The van der Waals surface area contributed by atoms with Crippen LogP contribution in [0.15, 0.2) is 0 Å². The van der Waals surface area contributed by atoms with E-state index in [2.05, 4.69) is 0 Å². The van der Waals surface area contributed by atoms with Gasteiger partial charge in [-0.05, 0) is 30.6 Å². The monoisotopic (exact) mass is 380 g/mol. The Labute approximate surface area is 163 Å². The summed E-state index contributed by atoms with van der Waals surface area (Å²) in [6.07, 6.45) is 2.45. The van der Waals surface area contributed by atoms with E-state index in [1.165, 1.54) is 0 Å². The minimum absolute atomic E-state index is 0.00186. The van der Waals surface area contributed by atoms with Crippen LogP contribution in [0.2, 0.25) is 0 Å². The Morgan fingerprint density at radius 3 is 2.11 bits per heavy atom. The van der Waals surface area contributed by atoms with Gasteiger partial charge in [0.2, 0.25) is 0 Å². The predicted molar refractivity (Wildman–Crippen MR) is 104 cm³/mol. The second kappa shape index (κ2) is 9.72. The normalized spacial score (nSPS) is 26.9. The van der Waals surface area contributed by atoms with Gasteiger partial charge in [-0.2, -0.15) is 0 Å². The highest BCUT2D eigenvalue weighted by atomic mass is 16.3. The van der Waals surface area contributed by atoms with Crippen LogP contribution in [0.4, 0.5) is 0 Å². The van der Waals surface area contributed by atoms with Gasteiger partial charge >= 0.3 is 0 Å². The summed E-state index contributed by atoms with van der Waals surface area (Å²) in [6.45, 7) is 11.6. The van der Waals surface area contributed by atoms with Gasteiger partial charge < -0.3 is 5.11 Å². The van der Waals surface area contributed by atoms with Crippen molar-refractivity contribution >= 4 is 23.1 Å². The smallest absolute Gasteiger partial charge is 0.192 e.